The van der Waals surface area contributed by atoms with Crippen LogP contribution in [0, 0.1) is 0 Å². The molecule has 1 fully saturated rings. The van der Waals surface area contributed by atoms with Crippen LogP contribution in [0.25, 0.3) is 0 Å². The second-order valence-electron chi connectivity index (χ2n) is 8.06. The fourth-order valence-electron chi connectivity index (χ4n) is 4.32. The minimum Gasteiger partial charge on any atom is -0.497 e. The second-order valence-corrected chi connectivity index (χ2v) is 9.83. The van der Waals surface area contributed by atoms with Crippen molar-refractivity contribution in [3.05, 3.63) is 53.6 Å². The van der Waals surface area contributed by atoms with Gasteiger partial charge in [0.2, 0.25) is 10.0 Å². The van der Waals surface area contributed by atoms with Crippen LogP contribution in [-0.4, -0.2) is 59.7 Å². The van der Waals surface area contributed by atoms with Gasteiger partial charge in [-0.3, -0.25) is 4.90 Å². The largest absolute Gasteiger partial charge is 0.497 e. The van der Waals surface area contributed by atoms with Crippen LogP contribution in [0.2, 0.25) is 0 Å². The van der Waals surface area contributed by atoms with Crippen molar-refractivity contribution in [3.8, 4) is 5.75 Å². The maximum atomic E-state index is 12.7. The molecule has 0 saturated carbocycles. The molecule has 1 aliphatic heterocycles. The van der Waals surface area contributed by atoms with Crippen molar-refractivity contribution in [2.24, 2.45) is 0 Å². The van der Waals surface area contributed by atoms with Gasteiger partial charge in [-0.2, -0.15) is 0 Å². The Balaban J connectivity index is 1.25. The maximum absolute atomic E-state index is 12.7. The molecule has 7 heteroatoms. The second kappa shape index (κ2) is 9.37. The van der Waals surface area contributed by atoms with E-state index in [2.05, 4.69) is 26.7 Å². The highest BCUT2D eigenvalue weighted by Crippen LogP contribution is 2.24. The van der Waals surface area contributed by atoms with Crippen molar-refractivity contribution < 1.29 is 13.2 Å². The molecule has 2 aromatic rings. The van der Waals surface area contributed by atoms with E-state index in [4.69, 9.17) is 4.74 Å². The molecule has 0 radical (unpaired) electrons. The molecule has 0 bridgehead atoms. The fraction of sp³-hybridized carbons (Fsp3) is 0.478. The number of nitrogens with zero attached hydrogens (tertiary/aromatic N) is 2. The molecule has 4 rings (SSSR count). The molecule has 0 spiro atoms. The predicted octanol–water partition coefficient (Wildman–Crippen LogP) is 2.67. The molecular weight excluding hydrogens is 398 g/mol. The van der Waals surface area contributed by atoms with Crippen molar-refractivity contribution in [2.45, 2.75) is 30.6 Å². The number of aryl methyl sites for hydroxylation is 2. The van der Waals surface area contributed by atoms with Crippen molar-refractivity contribution in [1.29, 1.82) is 0 Å². The highest BCUT2D eigenvalue weighted by Gasteiger charge is 2.20. The number of hydrogen-bond acceptors (Lipinski definition) is 5. The summed E-state index contributed by atoms with van der Waals surface area (Å²) in [5, 5.41) is 0. The molecule has 2 aromatic carbocycles. The van der Waals surface area contributed by atoms with Crippen LogP contribution in [0.4, 0.5) is 5.69 Å². The summed E-state index contributed by atoms with van der Waals surface area (Å²) >= 11 is 0. The summed E-state index contributed by atoms with van der Waals surface area (Å²) < 4.78 is 33.4. The summed E-state index contributed by atoms with van der Waals surface area (Å²) in [5.74, 6) is 0.864. The van der Waals surface area contributed by atoms with Gasteiger partial charge in [-0.15, -0.1) is 0 Å². The first-order valence-corrected chi connectivity index (χ1v) is 12.3. The molecule has 1 N–H and O–H groups in total. The number of nitrogens with one attached hydrogen (secondary N) is 1. The minimum absolute atomic E-state index is 0.396. The minimum atomic E-state index is -3.45. The average molecular weight is 430 g/mol. The number of rotatable bonds is 7. The molecule has 162 valence electrons. The van der Waals surface area contributed by atoms with E-state index in [1.54, 1.807) is 13.2 Å². The van der Waals surface area contributed by atoms with Crippen LogP contribution in [-0.2, 0) is 22.9 Å². The molecule has 0 unspecified atom stereocenters. The summed E-state index contributed by atoms with van der Waals surface area (Å²) in [4.78, 5) is 5.07. The average Bonchev–Trinajstić information content (AvgIpc) is 2.79. The standard InChI is InChI=1S/C23H31N3O3S/c1-29-22-9-7-21(8-10-22)26-16-14-25(15-17-26)13-12-24-30(27,28)23-11-6-19-4-2-3-5-20(19)18-23/h6-11,18,24H,2-5,12-17H2,1H3. The Hall–Kier alpha value is -2.09. The molecule has 1 saturated heterocycles. The van der Waals surface area contributed by atoms with Crippen molar-refractivity contribution in [2.75, 3.05) is 51.3 Å². The number of fused-ring (bicyclic) bond motifs is 1. The third kappa shape index (κ3) is 4.96. The molecule has 6 nitrogen and oxygen atoms in total. The maximum Gasteiger partial charge on any atom is 0.240 e. The number of ether oxygens (including phenoxy) is 1. The van der Waals surface area contributed by atoms with Crippen molar-refractivity contribution >= 4 is 15.7 Å². The lowest BCUT2D eigenvalue weighted by molar-refractivity contribution is 0.262. The Morgan fingerprint density at radius 2 is 1.63 bits per heavy atom. The van der Waals surface area contributed by atoms with Gasteiger partial charge in [0.25, 0.3) is 0 Å². The molecule has 0 amide bonds. The van der Waals surface area contributed by atoms with Crippen LogP contribution >= 0.6 is 0 Å². The number of methoxy groups -OCH3 is 1. The van der Waals surface area contributed by atoms with E-state index in [0.717, 1.165) is 57.7 Å². The number of piperazine rings is 1. The molecule has 0 atom stereocenters. The quantitative estimate of drug-likeness (QED) is 0.733. The number of hydrogen-bond donors (Lipinski definition) is 1. The zero-order chi connectivity index (χ0) is 21.0. The van der Waals surface area contributed by atoms with Gasteiger partial charge in [-0.05, 0) is 73.2 Å². The van der Waals surface area contributed by atoms with Crippen LogP contribution < -0.4 is 14.4 Å². The van der Waals surface area contributed by atoms with E-state index in [9.17, 15) is 8.42 Å². The van der Waals surface area contributed by atoms with Gasteiger partial charge < -0.3 is 9.64 Å². The number of anilines is 1. The van der Waals surface area contributed by atoms with Gasteiger partial charge in [0, 0.05) is 45.0 Å². The van der Waals surface area contributed by atoms with Crippen molar-refractivity contribution in [3.63, 3.8) is 0 Å². The van der Waals surface area contributed by atoms with E-state index >= 15 is 0 Å². The number of sulfonamides is 1. The van der Waals surface area contributed by atoms with E-state index < -0.39 is 10.0 Å². The summed E-state index contributed by atoms with van der Waals surface area (Å²) in [5.41, 5.74) is 3.69. The zero-order valence-corrected chi connectivity index (χ0v) is 18.5. The topological polar surface area (TPSA) is 61.9 Å². The molecule has 1 heterocycles. The van der Waals surface area contributed by atoms with E-state index in [-0.39, 0.29) is 0 Å². The monoisotopic (exact) mass is 429 g/mol. The molecule has 1 aliphatic carbocycles. The first-order valence-electron chi connectivity index (χ1n) is 10.8. The Morgan fingerprint density at radius 1 is 0.933 bits per heavy atom. The predicted molar refractivity (Wildman–Crippen MR) is 120 cm³/mol. The first kappa shape index (κ1) is 21.2. The third-order valence-electron chi connectivity index (χ3n) is 6.16. The summed E-state index contributed by atoms with van der Waals surface area (Å²) in [6.45, 7) is 4.87. The van der Waals surface area contributed by atoms with Crippen LogP contribution in [0.3, 0.4) is 0 Å². The van der Waals surface area contributed by atoms with Gasteiger partial charge in [-0.25, -0.2) is 13.1 Å². The normalized spacial score (nSPS) is 17.6. The molecule has 2 aliphatic rings. The zero-order valence-electron chi connectivity index (χ0n) is 17.6. The van der Waals surface area contributed by atoms with Crippen LogP contribution in [0.5, 0.6) is 5.75 Å². The summed E-state index contributed by atoms with van der Waals surface area (Å²) in [6.07, 6.45) is 4.39. The van der Waals surface area contributed by atoms with E-state index in [0.29, 0.717) is 11.4 Å². The summed E-state index contributed by atoms with van der Waals surface area (Å²) in [6, 6.07) is 13.7. The van der Waals surface area contributed by atoms with Crippen molar-refractivity contribution in [1.82, 2.24) is 9.62 Å². The van der Waals surface area contributed by atoms with Gasteiger partial charge in [0.05, 0.1) is 12.0 Å². The lowest BCUT2D eigenvalue weighted by atomic mass is 9.92. The molecular formula is C23H31N3O3S. The third-order valence-corrected chi connectivity index (χ3v) is 7.62. The highest BCUT2D eigenvalue weighted by molar-refractivity contribution is 7.89. The fourth-order valence-corrected chi connectivity index (χ4v) is 5.39. The van der Waals surface area contributed by atoms with Crippen LogP contribution in [0.1, 0.15) is 24.0 Å². The smallest absolute Gasteiger partial charge is 0.240 e. The van der Waals surface area contributed by atoms with Gasteiger partial charge in [0.1, 0.15) is 5.75 Å². The summed E-state index contributed by atoms with van der Waals surface area (Å²) in [7, 11) is -1.78. The Bertz CT molecular complexity index is 952. The Labute approximate surface area is 179 Å². The lowest BCUT2D eigenvalue weighted by Crippen LogP contribution is -2.48. The highest BCUT2D eigenvalue weighted by atomic mass is 32.2. The van der Waals surface area contributed by atoms with E-state index in [1.807, 2.05) is 24.3 Å². The van der Waals surface area contributed by atoms with Gasteiger partial charge in [-0.1, -0.05) is 6.07 Å². The Morgan fingerprint density at radius 3 is 2.33 bits per heavy atom. The van der Waals surface area contributed by atoms with E-state index in [1.165, 1.54) is 23.2 Å². The SMILES string of the molecule is COc1ccc(N2CCN(CCNS(=O)(=O)c3ccc4c(c3)CCCC4)CC2)cc1. The Kier molecular flexibility index (Phi) is 6.61. The van der Waals surface area contributed by atoms with Crippen LogP contribution in [0.15, 0.2) is 47.4 Å². The van der Waals surface area contributed by atoms with Gasteiger partial charge in [0.15, 0.2) is 0 Å². The first-order chi connectivity index (χ1) is 14.5. The van der Waals surface area contributed by atoms with Gasteiger partial charge >= 0.3 is 0 Å². The lowest BCUT2D eigenvalue weighted by Gasteiger charge is -2.36. The molecule has 30 heavy (non-hydrogen) atoms. The molecule has 0 aromatic heterocycles. The number of benzene rings is 2.